The molecule has 2 aliphatic rings. The Morgan fingerprint density at radius 3 is 2.80 bits per heavy atom. The molecule has 1 aliphatic heterocycles. The van der Waals surface area contributed by atoms with Gasteiger partial charge >= 0.3 is 0 Å². The summed E-state index contributed by atoms with van der Waals surface area (Å²) in [5.74, 6) is 0.726. The van der Waals surface area contributed by atoms with E-state index >= 15 is 0 Å². The van der Waals surface area contributed by atoms with Gasteiger partial charge in [0, 0.05) is 26.4 Å². The number of hydrogen-bond donors (Lipinski definition) is 2. The molecular formula is C15H28N2O3. The van der Waals surface area contributed by atoms with Gasteiger partial charge in [-0.25, -0.2) is 0 Å². The van der Waals surface area contributed by atoms with Crippen LogP contribution >= 0.6 is 0 Å². The summed E-state index contributed by atoms with van der Waals surface area (Å²) >= 11 is 0. The first kappa shape index (κ1) is 15.7. The molecule has 3 N–H and O–H groups in total. The summed E-state index contributed by atoms with van der Waals surface area (Å²) < 4.78 is 11.2. The van der Waals surface area contributed by atoms with Crippen molar-refractivity contribution in [3.8, 4) is 0 Å². The minimum Gasteiger partial charge on any atom is -0.381 e. The molecule has 2 rings (SSSR count). The maximum absolute atomic E-state index is 11.8. The van der Waals surface area contributed by atoms with Gasteiger partial charge in [-0.2, -0.15) is 0 Å². The van der Waals surface area contributed by atoms with Gasteiger partial charge in [0.25, 0.3) is 0 Å². The van der Waals surface area contributed by atoms with Crippen molar-refractivity contribution in [2.24, 2.45) is 17.6 Å². The van der Waals surface area contributed by atoms with E-state index in [0.29, 0.717) is 11.8 Å². The Morgan fingerprint density at radius 1 is 1.40 bits per heavy atom. The molecule has 1 heterocycles. The highest BCUT2D eigenvalue weighted by molar-refractivity contribution is 5.85. The van der Waals surface area contributed by atoms with Gasteiger partial charge < -0.3 is 20.5 Å². The van der Waals surface area contributed by atoms with Gasteiger partial charge in [0.1, 0.15) is 5.54 Å². The van der Waals surface area contributed by atoms with Crippen LogP contribution in [0.2, 0.25) is 0 Å². The summed E-state index contributed by atoms with van der Waals surface area (Å²) in [7, 11) is 1.84. The lowest BCUT2D eigenvalue weighted by Gasteiger charge is -2.32. The summed E-state index contributed by atoms with van der Waals surface area (Å²) in [5.41, 5.74) is 5.09. The zero-order valence-electron chi connectivity index (χ0n) is 12.5. The van der Waals surface area contributed by atoms with E-state index in [-0.39, 0.29) is 5.91 Å². The molecule has 1 saturated heterocycles. The summed E-state index contributed by atoms with van der Waals surface area (Å²) in [5, 5.41) is 3.17. The van der Waals surface area contributed by atoms with E-state index in [1.54, 1.807) is 0 Å². The van der Waals surface area contributed by atoms with Crippen LogP contribution in [-0.2, 0) is 14.3 Å². The summed E-state index contributed by atoms with van der Waals surface area (Å²) in [6, 6.07) is 0. The lowest BCUT2D eigenvalue weighted by molar-refractivity contribution is -0.126. The highest BCUT2D eigenvalue weighted by atomic mass is 16.5. The normalized spacial score (nSPS) is 31.6. The van der Waals surface area contributed by atoms with E-state index in [1.165, 1.54) is 0 Å². The summed E-state index contributed by atoms with van der Waals surface area (Å²) in [6.45, 7) is 3.26. The van der Waals surface area contributed by atoms with E-state index in [4.69, 9.17) is 15.2 Å². The van der Waals surface area contributed by atoms with Crippen molar-refractivity contribution >= 4 is 5.91 Å². The fraction of sp³-hybridized carbons (Fsp3) is 0.933. The van der Waals surface area contributed by atoms with Crippen molar-refractivity contribution in [1.82, 2.24) is 5.32 Å². The van der Waals surface area contributed by atoms with E-state index in [9.17, 15) is 4.79 Å². The fourth-order valence-electron chi connectivity index (χ4n) is 3.63. The van der Waals surface area contributed by atoms with Crippen LogP contribution in [0.1, 0.15) is 38.5 Å². The van der Waals surface area contributed by atoms with Crippen LogP contribution in [-0.4, -0.2) is 44.9 Å². The predicted octanol–water partition coefficient (Wildman–Crippen LogP) is 1.06. The highest BCUT2D eigenvalue weighted by Gasteiger charge is 2.46. The summed E-state index contributed by atoms with van der Waals surface area (Å²) in [4.78, 5) is 11.8. The molecule has 2 unspecified atom stereocenters. The number of hydrogen-bond acceptors (Lipinski definition) is 4. The Labute approximate surface area is 121 Å². The van der Waals surface area contributed by atoms with Gasteiger partial charge in [-0.15, -0.1) is 0 Å². The second kappa shape index (κ2) is 7.38. The number of nitrogens with two attached hydrogens (primary N) is 1. The van der Waals surface area contributed by atoms with E-state index in [2.05, 4.69) is 5.32 Å². The lowest BCUT2D eigenvalue weighted by Crippen LogP contribution is -2.56. The molecule has 2 fully saturated rings. The predicted molar refractivity (Wildman–Crippen MR) is 77.3 cm³/mol. The van der Waals surface area contributed by atoms with Crippen LogP contribution in [0.4, 0.5) is 0 Å². The monoisotopic (exact) mass is 284 g/mol. The average Bonchev–Trinajstić information content (AvgIpc) is 2.89. The molecule has 5 nitrogen and oxygen atoms in total. The second-order valence-electron chi connectivity index (χ2n) is 6.09. The van der Waals surface area contributed by atoms with Crippen LogP contribution in [0.5, 0.6) is 0 Å². The molecule has 116 valence electrons. The topological polar surface area (TPSA) is 73.6 Å². The lowest BCUT2D eigenvalue weighted by atomic mass is 9.84. The summed E-state index contributed by atoms with van der Waals surface area (Å²) in [6.07, 6.45) is 6.09. The van der Waals surface area contributed by atoms with Crippen molar-refractivity contribution in [2.45, 2.75) is 44.1 Å². The maximum atomic E-state index is 11.8. The number of rotatable bonds is 7. The Kier molecular flexibility index (Phi) is 5.81. The van der Waals surface area contributed by atoms with Crippen LogP contribution in [0, 0.1) is 11.8 Å². The first-order chi connectivity index (χ1) is 9.69. The Bertz CT molecular complexity index is 318. The Morgan fingerprint density at radius 2 is 2.15 bits per heavy atom. The molecule has 0 aromatic carbocycles. The van der Waals surface area contributed by atoms with Gasteiger partial charge in [-0.05, 0) is 51.0 Å². The molecule has 1 saturated carbocycles. The molecule has 1 amide bonds. The second-order valence-corrected chi connectivity index (χ2v) is 6.09. The highest BCUT2D eigenvalue weighted by Crippen LogP contribution is 2.37. The van der Waals surface area contributed by atoms with Gasteiger partial charge in [0.05, 0.1) is 0 Å². The molecule has 0 aromatic heterocycles. The smallest absolute Gasteiger partial charge is 0.238 e. The third-order valence-electron chi connectivity index (χ3n) is 5.01. The molecule has 0 aromatic rings. The van der Waals surface area contributed by atoms with Crippen molar-refractivity contribution in [1.29, 1.82) is 0 Å². The van der Waals surface area contributed by atoms with Crippen LogP contribution in [0.15, 0.2) is 0 Å². The van der Waals surface area contributed by atoms with Crippen LogP contribution < -0.4 is 11.1 Å². The van der Waals surface area contributed by atoms with Gasteiger partial charge in [-0.3, -0.25) is 4.79 Å². The minimum atomic E-state index is -0.512. The molecule has 2 atom stereocenters. The number of likely N-dealkylation sites (N-methyl/N-ethyl adjacent to an activating group) is 1. The van der Waals surface area contributed by atoms with Crippen molar-refractivity contribution in [3.63, 3.8) is 0 Å². The number of amides is 1. The largest absolute Gasteiger partial charge is 0.381 e. The third kappa shape index (κ3) is 3.51. The Balaban J connectivity index is 1.71. The SMILES string of the molecule is CNC1(C(N)=O)CCCC1CCOCC1CCOCC1. The maximum Gasteiger partial charge on any atom is 0.238 e. The quantitative estimate of drug-likeness (QED) is 0.686. The number of carbonyl (C=O) groups is 1. The van der Waals surface area contributed by atoms with Crippen molar-refractivity contribution in [2.75, 3.05) is 33.5 Å². The van der Waals surface area contributed by atoms with Crippen molar-refractivity contribution in [3.05, 3.63) is 0 Å². The first-order valence-electron chi connectivity index (χ1n) is 7.83. The van der Waals surface area contributed by atoms with Gasteiger partial charge in [0.15, 0.2) is 0 Å². The number of nitrogens with one attached hydrogen (secondary N) is 1. The Hall–Kier alpha value is -0.650. The minimum absolute atomic E-state index is 0.216. The zero-order chi connectivity index (χ0) is 14.4. The molecule has 1 aliphatic carbocycles. The van der Waals surface area contributed by atoms with Crippen molar-refractivity contribution < 1.29 is 14.3 Å². The van der Waals surface area contributed by atoms with E-state index < -0.39 is 5.54 Å². The fourth-order valence-corrected chi connectivity index (χ4v) is 3.63. The van der Waals surface area contributed by atoms with E-state index in [0.717, 1.165) is 65.0 Å². The third-order valence-corrected chi connectivity index (χ3v) is 5.01. The number of primary amides is 1. The molecule has 20 heavy (non-hydrogen) atoms. The zero-order valence-corrected chi connectivity index (χ0v) is 12.5. The molecular weight excluding hydrogens is 256 g/mol. The van der Waals surface area contributed by atoms with Gasteiger partial charge in [0.2, 0.25) is 5.91 Å². The molecule has 0 bridgehead atoms. The molecule has 0 radical (unpaired) electrons. The number of carbonyl (C=O) groups excluding carboxylic acids is 1. The average molecular weight is 284 g/mol. The van der Waals surface area contributed by atoms with Crippen LogP contribution in [0.3, 0.4) is 0 Å². The first-order valence-corrected chi connectivity index (χ1v) is 7.83. The standard InChI is InChI=1S/C15H28N2O3/c1-17-15(14(16)18)7-2-3-13(15)6-10-20-11-12-4-8-19-9-5-12/h12-13,17H,2-11H2,1H3,(H2,16,18). The molecule has 0 spiro atoms. The van der Waals surface area contributed by atoms with Crippen LogP contribution in [0.25, 0.3) is 0 Å². The van der Waals surface area contributed by atoms with Gasteiger partial charge in [-0.1, -0.05) is 6.42 Å². The van der Waals surface area contributed by atoms with E-state index in [1.807, 2.05) is 7.05 Å². The number of ether oxygens (including phenoxy) is 2. The molecule has 5 heteroatoms.